The summed E-state index contributed by atoms with van der Waals surface area (Å²) in [6.07, 6.45) is 7.45. The second-order valence-corrected chi connectivity index (χ2v) is 6.26. The quantitative estimate of drug-likeness (QED) is 0.863. The predicted molar refractivity (Wildman–Crippen MR) is 93.4 cm³/mol. The fraction of sp³-hybridized carbons (Fsp3) is 0.412. The van der Waals surface area contributed by atoms with Crippen LogP contribution in [0.5, 0.6) is 5.88 Å². The second-order valence-electron chi connectivity index (χ2n) is 5.86. The highest BCUT2D eigenvalue weighted by atomic mass is 35.5. The number of nitrogens with one attached hydrogen (secondary N) is 1. The molecule has 0 amide bonds. The Kier molecular flexibility index (Phi) is 4.86. The Morgan fingerprint density at radius 2 is 2.00 bits per heavy atom. The average molecular weight is 333 g/mol. The van der Waals surface area contributed by atoms with Gasteiger partial charge < -0.3 is 15.8 Å². The molecule has 3 N–H and O–H groups in total. The third kappa shape index (κ3) is 3.67. The van der Waals surface area contributed by atoms with Gasteiger partial charge in [0.05, 0.1) is 0 Å². The molecule has 5 nitrogen and oxygen atoms in total. The SMILES string of the molecule is Cc1c(Cl)cccc1Nc1ncnc(OC2CCCCC2)c1N. The molecule has 0 unspecified atom stereocenters. The molecule has 1 saturated carbocycles. The van der Waals surface area contributed by atoms with Crippen LogP contribution in [0.3, 0.4) is 0 Å². The van der Waals surface area contributed by atoms with Crippen molar-refractivity contribution in [2.75, 3.05) is 11.1 Å². The van der Waals surface area contributed by atoms with Gasteiger partial charge in [-0.25, -0.2) is 4.98 Å². The largest absolute Gasteiger partial charge is 0.473 e. The van der Waals surface area contributed by atoms with E-state index in [0.717, 1.165) is 24.1 Å². The van der Waals surface area contributed by atoms with Crippen LogP contribution < -0.4 is 15.8 Å². The maximum atomic E-state index is 6.19. The minimum absolute atomic E-state index is 0.196. The van der Waals surface area contributed by atoms with Gasteiger partial charge in [0, 0.05) is 10.7 Å². The highest BCUT2D eigenvalue weighted by Gasteiger charge is 2.18. The topological polar surface area (TPSA) is 73.1 Å². The molecule has 1 fully saturated rings. The van der Waals surface area contributed by atoms with Crippen molar-refractivity contribution in [2.45, 2.75) is 45.1 Å². The number of rotatable bonds is 4. The molecule has 1 aliphatic rings. The maximum Gasteiger partial charge on any atom is 0.242 e. The third-order valence-corrected chi connectivity index (χ3v) is 4.61. The number of nitrogens with zero attached hydrogens (tertiary/aromatic N) is 2. The van der Waals surface area contributed by atoms with Crippen LogP contribution in [-0.4, -0.2) is 16.1 Å². The van der Waals surface area contributed by atoms with E-state index in [1.165, 1.54) is 25.6 Å². The van der Waals surface area contributed by atoms with E-state index in [1.54, 1.807) is 0 Å². The van der Waals surface area contributed by atoms with E-state index in [0.29, 0.717) is 22.4 Å². The molecular formula is C17H21ClN4O. The van der Waals surface area contributed by atoms with Crippen LogP contribution in [0, 0.1) is 6.92 Å². The Bertz CT molecular complexity index is 686. The summed E-state index contributed by atoms with van der Waals surface area (Å²) < 4.78 is 5.98. The van der Waals surface area contributed by atoms with Gasteiger partial charge in [-0.1, -0.05) is 24.1 Å². The first-order valence-corrected chi connectivity index (χ1v) is 8.32. The number of nitrogen functional groups attached to an aromatic ring is 1. The number of nitrogens with two attached hydrogens (primary N) is 1. The Balaban J connectivity index is 1.80. The van der Waals surface area contributed by atoms with Crippen molar-refractivity contribution in [1.29, 1.82) is 0 Å². The zero-order valence-corrected chi connectivity index (χ0v) is 13.9. The summed E-state index contributed by atoms with van der Waals surface area (Å²) in [6.45, 7) is 1.95. The molecule has 0 spiro atoms. The summed E-state index contributed by atoms with van der Waals surface area (Å²) >= 11 is 6.15. The number of ether oxygens (including phenoxy) is 1. The zero-order chi connectivity index (χ0) is 16.2. The van der Waals surface area contributed by atoms with Crippen LogP contribution in [0.15, 0.2) is 24.5 Å². The normalized spacial score (nSPS) is 15.4. The summed E-state index contributed by atoms with van der Waals surface area (Å²) in [5.74, 6) is 0.991. The second kappa shape index (κ2) is 7.04. The number of hydrogen-bond acceptors (Lipinski definition) is 5. The Hall–Kier alpha value is -2.01. The van der Waals surface area contributed by atoms with Gasteiger partial charge in [-0.05, 0) is 50.3 Å². The Morgan fingerprint density at radius 3 is 2.78 bits per heavy atom. The molecule has 3 rings (SSSR count). The third-order valence-electron chi connectivity index (χ3n) is 4.20. The van der Waals surface area contributed by atoms with Gasteiger partial charge in [-0.2, -0.15) is 4.98 Å². The molecule has 0 saturated heterocycles. The van der Waals surface area contributed by atoms with Gasteiger partial charge >= 0.3 is 0 Å². The lowest BCUT2D eigenvalue weighted by Crippen LogP contribution is -2.21. The zero-order valence-electron chi connectivity index (χ0n) is 13.2. The molecule has 2 aromatic rings. The minimum atomic E-state index is 0.196. The van der Waals surface area contributed by atoms with Gasteiger partial charge in [-0.15, -0.1) is 0 Å². The minimum Gasteiger partial charge on any atom is -0.473 e. The van der Waals surface area contributed by atoms with Gasteiger partial charge in [-0.3, -0.25) is 0 Å². The molecule has 1 aliphatic carbocycles. The number of halogens is 1. The fourth-order valence-electron chi connectivity index (χ4n) is 2.78. The first kappa shape index (κ1) is 15.9. The first-order valence-electron chi connectivity index (χ1n) is 7.94. The molecule has 1 heterocycles. The molecule has 0 atom stereocenters. The Morgan fingerprint density at radius 1 is 1.22 bits per heavy atom. The number of benzene rings is 1. The molecule has 1 aromatic heterocycles. The van der Waals surface area contributed by atoms with Crippen LogP contribution in [0.25, 0.3) is 0 Å². The molecule has 0 aliphatic heterocycles. The van der Waals surface area contributed by atoms with Crippen molar-refractivity contribution in [2.24, 2.45) is 0 Å². The Labute approximate surface area is 141 Å². The van der Waals surface area contributed by atoms with E-state index < -0.39 is 0 Å². The molecule has 1 aromatic carbocycles. The lowest BCUT2D eigenvalue weighted by atomic mass is 9.98. The van der Waals surface area contributed by atoms with Crippen LogP contribution in [-0.2, 0) is 0 Å². The van der Waals surface area contributed by atoms with Crippen LogP contribution in [0.2, 0.25) is 5.02 Å². The molecule has 0 bridgehead atoms. The number of hydrogen-bond donors (Lipinski definition) is 2. The van der Waals surface area contributed by atoms with Crippen molar-refractivity contribution in [3.63, 3.8) is 0 Å². The van der Waals surface area contributed by atoms with Gasteiger partial charge in [0.2, 0.25) is 5.88 Å². The van der Waals surface area contributed by atoms with E-state index in [-0.39, 0.29) is 6.10 Å². The molecular weight excluding hydrogens is 312 g/mol. The predicted octanol–water partition coefficient (Wildman–Crippen LogP) is 4.48. The lowest BCUT2D eigenvalue weighted by molar-refractivity contribution is 0.149. The van der Waals surface area contributed by atoms with Gasteiger partial charge in [0.1, 0.15) is 18.1 Å². The van der Waals surface area contributed by atoms with Gasteiger partial charge in [0.25, 0.3) is 0 Å². The summed E-state index contributed by atoms with van der Waals surface area (Å²) in [7, 11) is 0. The van der Waals surface area contributed by atoms with E-state index in [9.17, 15) is 0 Å². The van der Waals surface area contributed by atoms with Crippen LogP contribution in [0.4, 0.5) is 17.2 Å². The fourth-order valence-corrected chi connectivity index (χ4v) is 2.96. The molecule has 23 heavy (non-hydrogen) atoms. The molecule has 6 heteroatoms. The van der Waals surface area contributed by atoms with E-state index in [4.69, 9.17) is 22.1 Å². The average Bonchev–Trinajstić information content (AvgIpc) is 2.56. The molecule has 0 radical (unpaired) electrons. The lowest BCUT2D eigenvalue weighted by Gasteiger charge is -2.23. The van der Waals surface area contributed by atoms with Crippen molar-refractivity contribution in [3.8, 4) is 5.88 Å². The van der Waals surface area contributed by atoms with Crippen molar-refractivity contribution in [3.05, 3.63) is 35.1 Å². The van der Waals surface area contributed by atoms with Crippen molar-refractivity contribution in [1.82, 2.24) is 9.97 Å². The smallest absolute Gasteiger partial charge is 0.242 e. The van der Waals surface area contributed by atoms with E-state index in [2.05, 4.69) is 15.3 Å². The standard InChI is InChI=1S/C17H21ClN4O/c1-11-13(18)8-5-9-14(11)22-16-15(19)17(21-10-20-16)23-12-6-3-2-4-7-12/h5,8-10,12H,2-4,6-7,19H2,1H3,(H,20,21,22). The summed E-state index contributed by atoms with van der Waals surface area (Å²) in [4.78, 5) is 8.42. The maximum absolute atomic E-state index is 6.19. The highest BCUT2D eigenvalue weighted by Crippen LogP contribution is 2.32. The van der Waals surface area contributed by atoms with Crippen LogP contribution >= 0.6 is 11.6 Å². The number of aromatic nitrogens is 2. The monoisotopic (exact) mass is 332 g/mol. The van der Waals surface area contributed by atoms with Crippen molar-refractivity contribution >= 4 is 28.8 Å². The highest BCUT2D eigenvalue weighted by molar-refractivity contribution is 6.31. The summed E-state index contributed by atoms with van der Waals surface area (Å²) in [5, 5.41) is 3.91. The summed E-state index contributed by atoms with van der Waals surface area (Å²) in [5.41, 5.74) is 8.43. The van der Waals surface area contributed by atoms with E-state index in [1.807, 2.05) is 25.1 Å². The van der Waals surface area contributed by atoms with Crippen molar-refractivity contribution < 1.29 is 4.74 Å². The molecule has 122 valence electrons. The van der Waals surface area contributed by atoms with Crippen LogP contribution in [0.1, 0.15) is 37.7 Å². The first-order chi connectivity index (χ1) is 11.1. The summed E-state index contributed by atoms with van der Waals surface area (Å²) in [6, 6.07) is 5.67. The van der Waals surface area contributed by atoms with Gasteiger partial charge in [0.15, 0.2) is 5.82 Å². The number of anilines is 3. The van der Waals surface area contributed by atoms with E-state index >= 15 is 0 Å².